The molecule has 0 radical (unpaired) electrons. The largest absolute Gasteiger partial charge is 0.208 e. The maximum atomic E-state index is 5.56. The summed E-state index contributed by atoms with van der Waals surface area (Å²) in [5.41, 5.74) is 0. The molecule has 0 fully saturated rings. The van der Waals surface area contributed by atoms with E-state index in [1.807, 2.05) is 0 Å². The number of alkyl halides is 5. The first-order valence-corrected chi connectivity index (χ1v) is 4.21. The Morgan fingerprint density at radius 3 is 1.44 bits per heavy atom. The topological polar surface area (TPSA) is 0 Å². The van der Waals surface area contributed by atoms with Crippen LogP contribution in [-0.2, 0) is 0 Å². The summed E-state index contributed by atoms with van der Waals surface area (Å²) in [6.45, 7) is 1.67. The van der Waals surface area contributed by atoms with Gasteiger partial charge in [0.05, 0.1) is 10.8 Å². The van der Waals surface area contributed by atoms with E-state index in [1.165, 1.54) is 0 Å². The summed E-state index contributed by atoms with van der Waals surface area (Å²) in [7, 11) is 0. The van der Waals surface area contributed by atoms with Gasteiger partial charge in [-0.2, -0.15) is 0 Å². The highest BCUT2D eigenvalue weighted by Crippen LogP contribution is 2.36. The normalized spacial score (nSPS) is 19.3. The first-order valence-electron chi connectivity index (χ1n) is 2.20. The van der Waals surface area contributed by atoms with Crippen molar-refractivity contribution in [3.63, 3.8) is 0 Å². The highest BCUT2D eigenvalue weighted by Gasteiger charge is 2.33. The number of hydrogen-bond acceptors (Lipinski definition) is 0. The van der Waals surface area contributed by atoms with Gasteiger partial charge < -0.3 is 0 Å². The number of hydrogen-bond donors (Lipinski definition) is 0. The fraction of sp³-hybridized carbons (Fsp3) is 1.00. The Morgan fingerprint density at radius 2 is 1.44 bits per heavy atom. The second kappa shape index (κ2) is 3.73. The number of rotatable bonds is 1. The predicted molar refractivity (Wildman–Crippen MR) is 45.2 cm³/mol. The van der Waals surface area contributed by atoms with Crippen molar-refractivity contribution in [1.29, 1.82) is 0 Å². The lowest BCUT2D eigenvalue weighted by Gasteiger charge is -2.19. The molecule has 0 amide bonds. The minimum atomic E-state index is -1.47. The zero-order valence-electron chi connectivity index (χ0n) is 4.54. The molecule has 0 N–H and O–H groups in total. The van der Waals surface area contributed by atoms with Gasteiger partial charge in [0.15, 0.2) is 0 Å². The second-order valence-electron chi connectivity index (χ2n) is 1.62. The van der Waals surface area contributed by atoms with Crippen LogP contribution in [0.2, 0.25) is 0 Å². The zero-order chi connectivity index (χ0) is 7.65. The third-order valence-electron chi connectivity index (χ3n) is 0.716. The third kappa shape index (κ3) is 4.00. The van der Waals surface area contributed by atoms with E-state index in [1.54, 1.807) is 6.92 Å². The van der Waals surface area contributed by atoms with Gasteiger partial charge in [-0.25, -0.2) is 0 Å². The van der Waals surface area contributed by atoms with E-state index in [0.717, 1.165) is 0 Å². The maximum absolute atomic E-state index is 5.56. The Bertz CT molecular complexity index is 83.4. The van der Waals surface area contributed by atoms with Crippen LogP contribution in [0, 0.1) is 0 Å². The molecule has 0 heterocycles. The van der Waals surface area contributed by atoms with Crippen molar-refractivity contribution >= 4 is 58.0 Å². The van der Waals surface area contributed by atoms with Gasteiger partial charge in [-0.3, -0.25) is 0 Å². The molecule has 0 aliphatic heterocycles. The molecule has 0 saturated heterocycles. The molecule has 5 heteroatoms. The Balaban J connectivity index is 3.88. The van der Waals surface area contributed by atoms with Crippen LogP contribution in [0.1, 0.15) is 6.92 Å². The van der Waals surface area contributed by atoms with E-state index in [2.05, 4.69) is 0 Å². The average Bonchev–Trinajstić information content (AvgIpc) is 1.62. The minimum Gasteiger partial charge on any atom is -0.122 e. The Labute approximate surface area is 79.4 Å². The van der Waals surface area contributed by atoms with Crippen LogP contribution >= 0.6 is 58.0 Å². The molecular weight excluding hydrogens is 225 g/mol. The third-order valence-corrected chi connectivity index (χ3v) is 2.84. The molecule has 2 atom stereocenters. The lowest BCUT2D eigenvalue weighted by atomic mass is 10.3. The smallest absolute Gasteiger partial charge is 0.122 e. The van der Waals surface area contributed by atoms with Crippen molar-refractivity contribution < 1.29 is 0 Å². The summed E-state index contributed by atoms with van der Waals surface area (Å²) in [6, 6.07) is 0. The highest BCUT2D eigenvalue weighted by molar-refractivity contribution is 6.70. The van der Waals surface area contributed by atoms with Crippen molar-refractivity contribution in [2.24, 2.45) is 0 Å². The van der Waals surface area contributed by atoms with Crippen molar-refractivity contribution in [2.75, 3.05) is 0 Å². The lowest BCUT2D eigenvalue weighted by molar-refractivity contribution is 0.841. The van der Waals surface area contributed by atoms with Crippen LogP contribution in [0.25, 0.3) is 0 Å². The van der Waals surface area contributed by atoms with Gasteiger partial charge in [0.2, 0.25) is 3.79 Å². The fourth-order valence-electron chi connectivity index (χ4n) is 0.260. The molecule has 0 bridgehead atoms. The van der Waals surface area contributed by atoms with Crippen LogP contribution in [-0.4, -0.2) is 14.5 Å². The molecular formula is C4H5Cl5. The minimum absolute atomic E-state index is 0.348. The van der Waals surface area contributed by atoms with E-state index < -0.39 is 9.17 Å². The molecule has 0 spiro atoms. The van der Waals surface area contributed by atoms with E-state index in [9.17, 15) is 0 Å². The van der Waals surface area contributed by atoms with Gasteiger partial charge in [0, 0.05) is 0 Å². The highest BCUT2D eigenvalue weighted by atomic mass is 35.6. The average molecular weight is 230 g/mol. The molecule has 0 rings (SSSR count). The zero-order valence-corrected chi connectivity index (χ0v) is 8.32. The quantitative estimate of drug-likeness (QED) is 0.604. The summed E-state index contributed by atoms with van der Waals surface area (Å²) < 4.78 is -1.47. The molecule has 56 valence electrons. The van der Waals surface area contributed by atoms with Crippen LogP contribution in [0.5, 0.6) is 0 Å². The summed E-state index contributed by atoms with van der Waals surface area (Å²) in [5, 5.41) is -0.997. The molecule has 0 nitrogen and oxygen atoms in total. The molecule has 2 unspecified atom stereocenters. The van der Waals surface area contributed by atoms with Gasteiger partial charge in [-0.05, 0) is 6.92 Å². The van der Waals surface area contributed by atoms with Crippen LogP contribution in [0.15, 0.2) is 0 Å². The molecule has 9 heavy (non-hydrogen) atoms. The standard InChI is InChI=1S/C4H5Cl5/c1-2(5)3(6)4(7,8)9/h2-3H,1H3. The monoisotopic (exact) mass is 228 g/mol. The molecule has 0 aromatic carbocycles. The van der Waals surface area contributed by atoms with Gasteiger partial charge in [-0.15, -0.1) is 23.2 Å². The van der Waals surface area contributed by atoms with Gasteiger partial charge >= 0.3 is 0 Å². The van der Waals surface area contributed by atoms with Crippen molar-refractivity contribution in [1.82, 2.24) is 0 Å². The van der Waals surface area contributed by atoms with Gasteiger partial charge in [0.25, 0.3) is 0 Å². The lowest BCUT2D eigenvalue weighted by Crippen LogP contribution is -2.26. The molecule has 0 aromatic heterocycles. The fourth-order valence-corrected chi connectivity index (χ4v) is 1.21. The second-order valence-corrected chi connectivity index (χ2v) is 5.15. The SMILES string of the molecule is CC(Cl)C(Cl)C(Cl)(Cl)Cl. The predicted octanol–water partition coefficient (Wildman–Crippen LogP) is 3.59. The number of halogens is 5. The Kier molecular flexibility index (Phi) is 4.33. The van der Waals surface area contributed by atoms with E-state index in [-0.39, 0.29) is 5.38 Å². The first kappa shape index (κ1) is 10.4. The molecule has 0 saturated carbocycles. The van der Waals surface area contributed by atoms with E-state index in [4.69, 9.17) is 58.0 Å². The van der Waals surface area contributed by atoms with Crippen LogP contribution in [0.3, 0.4) is 0 Å². The van der Waals surface area contributed by atoms with E-state index >= 15 is 0 Å². The van der Waals surface area contributed by atoms with Crippen molar-refractivity contribution in [3.05, 3.63) is 0 Å². The molecule has 0 aromatic rings. The summed E-state index contributed by atoms with van der Waals surface area (Å²) >= 11 is 27.3. The van der Waals surface area contributed by atoms with Gasteiger partial charge in [-0.1, -0.05) is 34.8 Å². The van der Waals surface area contributed by atoms with Crippen LogP contribution in [0.4, 0.5) is 0 Å². The van der Waals surface area contributed by atoms with Gasteiger partial charge in [0.1, 0.15) is 0 Å². The van der Waals surface area contributed by atoms with E-state index in [0.29, 0.717) is 0 Å². The summed E-state index contributed by atoms with van der Waals surface area (Å²) in [4.78, 5) is 0. The Morgan fingerprint density at radius 1 is 1.11 bits per heavy atom. The Hall–Kier alpha value is 1.45. The van der Waals surface area contributed by atoms with Crippen molar-refractivity contribution in [2.45, 2.75) is 21.5 Å². The summed E-state index contributed by atoms with van der Waals surface area (Å²) in [6.07, 6.45) is 0. The van der Waals surface area contributed by atoms with Crippen LogP contribution < -0.4 is 0 Å². The molecule has 0 aliphatic carbocycles. The molecule has 0 aliphatic rings. The summed E-state index contributed by atoms with van der Waals surface area (Å²) in [5.74, 6) is 0. The maximum Gasteiger partial charge on any atom is 0.208 e. The first-order chi connectivity index (χ1) is 3.85. The van der Waals surface area contributed by atoms with Crippen molar-refractivity contribution in [3.8, 4) is 0 Å².